The van der Waals surface area contributed by atoms with Crippen LogP contribution in [0.5, 0.6) is 5.75 Å². The van der Waals surface area contributed by atoms with Crippen molar-refractivity contribution in [3.05, 3.63) is 23.8 Å². The van der Waals surface area contributed by atoms with Crippen LogP contribution in [0, 0.1) is 5.92 Å². The number of nitrogens with one attached hydrogen (secondary N) is 1. The predicted octanol–water partition coefficient (Wildman–Crippen LogP) is 1.71. The van der Waals surface area contributed by atoms with Gasteiger partial charge in [0.15, 0.2) is 6.61 Å². The van der Waals surface area contributed by atoms with E-state index in [1.807, 2.05) is 19.9 Å². The molecule has 1 aromatic rings. The van der Waals surface area contributed by atoms with Crippen molar-refractivity contribution in [2.24, 2.45) is 5.92 Å². The molecule has 2 rings (SSSR count). The summed E-state index contributed by atoms with van der Waals surface area (Å²) in [7, 11) is 0. The second kappa shape index (κ2) is 4.14. The molecule has 1 atom stereocenters. The Morgan fingerprint density at radius 2 is 2.19 bits per heavy atom. The van der Waals surface area contributed by atoms with E-state index in [9.17, 15) is 9.90 Å². The summed E-state index contributed by atoms with van der Waals surface area (Å²) in [5, 5.41) is 12.6. The van der Waals surface area contributed by atoms with Crippen molar-refractivity contribution in [3.63, 3.8) is 0 Å². The summed E-state index contributed by atoms with van der Waals surface area (Å²) < 4.78 is 5.24. The summed E-state index contributed by atoms with van der Waals surface area (Å²) in [4.78, 5) is 11.1. The highest BCUT2D eigenvalue weighted by atomic mass is 16.5. The largest absolute Gasteiger partial charge is 0.482 e. The Hall–Kier alpha value is -1.55. The van der Waals surface area contributed by atoms with E-state index in [-0.39, 0.29) is 18.4 Å². The third kappa shape index (κ3) is 2.02. The van der Waals surface area contributed by atoms with Crippen molar-refractivity contribution >= 4 is 11.6 Å². The number of ether oxygens (including phenoxy) is 1. The summed E-state index contributed by atoms with van der Waals surface area (Å²) in [6.45, 7) is 3.94. The highest BCUT2D eigenvalue weighted by Crippen LogP contribution is 2.32. The van der Waals surface area contributed by atoms with Gasteiger partial charge >= 0.3 is 0 Å². The van der Waals surface area contributed by atoms with E-state index in [4.69, 9.17) is 4.74 Å². The fraction of sp³-hybridized carbons (Fsp3) is 0.417. The lowest BCUT2D eigenvalue weighted by Gasteiger charge is -2.21. The molecule has 0 saturated carbocycles. The molecule has 0 aliphatic carbocycles. The third-order valence-electron chi connectivity index (χ3n) is 2.61. The van der Waals surface area contributed by atoms with Gasteiger partial charge in [0.2, 0.25) is 0 Å². The van der Waals surface area contributed by atoms with Crippen molar-refractivity contribution in [3.8, 4) is 5.75 Å². The van der Waals surface area contributed by atoms with Gasteiger partial charge in [0.25, 0.3) is 5.91 Å². The molecule has 16 heavy (non-hydrogen) atoms. The van der Waals surface area contributed by atoms with Gasteiger partial charge in [-0.1, -0.05) is 19.9 Å². The van der Waals surface area contributed by atoms with Crippen molar-refractivity contribution in [2.75, 3.05) is 11.9 Å². The lowest BCUT2D eigenvalue weighted by molar-refractivity contribution is -0.118. The van der Waals surface area contributed by atoms with Crippen molar-refractivity contribution < 1.29 is 14.6 Å². The van der Waals surface area contributed by atoms with Crippen molar-refractivity contribution in [2.45, 2.75) is 20.0 Å². The normalized spacial score (nSPS) is 16.4. The van der Waals surface area contributed by atoms with Gasteiger partial charge in [-0.15, -0.1) is 0 Å². The van der Waals surface area contributed by atoms with Gasteiger partial charge in [0, 0.05) is 0 Å². The number of amides is 1. The number of hydrogen-bond donors (Lipinski definition) is 2. The molecular formula is C12H15NO3. The van der Waals surface area contributed by atoms with Crippen molar-refractivity contribution in [1.29, 1.82) is 0 Å². The minimum absolute atomic E-state index is 0.0546. The number of carbonyl (C=O) groups excluding carboxylic acids is 1. The number of benzene rings is 1. The first-order chi connectivity index (χ1) is 7.58. The maximum Gasteiger partial charge on any atom is 0.262 e. The zero-order valence-electron chi connectivity index (χ0n) is 9.36. The lowest BCUT2D eigenvalue weighted by atomic mass is 9.98. The van der Waals surface area contributed by atoms with E-state index in [0.717, 1.165) is 5.56 Å². The molecule has 0 bridgehead atoms. The molecule has 0 aromatic heterocycles. The van der Waals surface area contributed by atoms with Crippen LogP contribution in [0.1, 0.15) is 25.5 Å². The minimum atomic E-state index is -0.524. The van der Waals surface area contributed by atoms with Crippen LogP contribution < -0.4 is 10.1 Å². The van der Waals surface area contributed by atoms with E-state index in [2.05, 4.69) is 5.32 Å². The summed E-state index contributed by atoms with van der Waals surface area (Å²) in [6, 6.07) is 5.35. The minimum Gasteiger partial charge on any atom is -0.482 e. The van der Waals surface area contributed by atoms with E-state index in [0.29, 0.717) is 11.4 Å². The smallest absolute Gasteiger partial charge is 0.262 e. The van der Waals surface area contributed by atoms with E-state index >= 15 is 0 Å². The summed E-state index contributed by atoms with van der Waals surface area (Å²) in [5.41, 5.74) is 1.42. The van der Waals surface area contributed by atoms with Gasteiger partial charge in [-0.3, -0.25) is 4.79 Å². The Morgan fingerprint density at radius 1 is 1.44 bits per heavy atom. The van der Waals surface area contributed by atoms with Gasteiger partial charge in [-0.25, -0.2) is 0 Å². The molecule has 4 nitrogen and oxygen atoms in total. The van der Waals surface area contributed by atoms with Crippen LogP contribution in [0.15, 0.2) is 18.2 Å². The molecule has 0 radical (unpaired) electrons. The Morgan fingerprint density at radius 3 is 2.88 bits per heavy atom. The van der Waals surface area contributed by atoms with E-state index in [1.54, 1.807) is 12.1 Å². The molecule has 1 aliphatic heterocycles. The molecule has 86 valence electrons. The molecule has 1 aromatic carbocycles. The first-order valence-corrected chi connectivity index (χ1v) is 5.32. The first-order valence-electron chi connectivity index (χ1n) is 5.32. The Bertz CT molecular complexity index is 415. The van der Waals surface area contributed by atoms with Gasteiger partial charge in [-0.2, -0.15) is 0 Å². The van der Waals surface area contributed by atoms with E-state index < -0.39 is 6.10 Å². The average Bonchev–Trinajstić information content (AvgIpc) is 2.26. The van der Waals surface area contributed by atoms with E-state index in [1.165, 1.54) is 0 Å². The van der Waals surface area contributed by atoms with Gasteiger partial charge in [0.05, 0.1) is 11.8 Å². The van der Waals surface area contributed by atoms with Crippen molar-refractivity contribution in [1.82, 2.24) is 0 Å². The standard InChI is InChI=1S/C12H15NO3/c1-7(2)12(15)8-3-4-10-9(5-8)13-11(14)6-16-10/h3-5,7,12,15H,6H2,1-2H3,(H,13,14). The zero-order chi connectivity index (χ0) is 11.7. The molecule has 1 unspecified atom stereocenters. The topological polar surface area (TPSA) is 58.6 Å². The number of carbonyl (C=O) groups is 1. The Labute approximate surface area is 94.2 Å². The van der Waals surface area contributed by atoms with Gasteiger partial charge < -0.3 is 15.2 Å². The molecule has 2 N–H and O–H groups in total. The summed E-state index contributed by atoms with van der Waals surface area (Å²) >= 11 is 0. The highest BCUT2D eigenvalue weighted by molar-refractivity contribution is 5.95. The second-order valence-corrected chi connectivity index (χ2v) is 4.28. The predicted molar refractivity (Wildman–Crippen MR) is 60.4 cm³/mol. The van der Waals surface area contributed by atoms with Crippen LogP contribution in [0.4, 0.5) is 5.69 Å². The molecule has 4 heteroatoms. The maximum atomic E-state index is 11.1. The van der Waals surface area contributed by atoms with Crippen LogP contribution in [-0.2, 0) is 4.79 Å². The van der Waals surface area contributed by atoms with Gasteiger partial charge in [0.1, 0.15) is 5.75 Å². The summed E-state index contributed by atoms with van der Waals surface area (Å²) in [5.74, 6) is 0.626. The zero-order valence-corrected chi connectivity index (χ0v) is 9.36. The van der Waals surface area contributed by atoms with Crippen LogP contribution in [-0.4, -0.2) is 17.6 Å². The average molecular weight is 221 g/mol. The van der Waals surface area contributed by atoms with Crippen LogP contribution in [0.2, 0.25) is 0 Å². The lowest BCUT2D eigenvalue weighted by Crippen LogP contribution is -2.25. The first kappa shape index (κ1) is 11.0. The molecule has 1 amide bonds. The summed E-state index contributed by atoms with van der Waals surface area (Å²) in [6.07, 6.45) is -0.524. The second-order valence-electron chi connectivity index (χ2n) is 4.28. The fourth-order valence-electron chi connectivity index (χ4n) is 1.67. The molecule has 1 heterocycles. The highest BCUT2D eigenvalue weighted by Gasteiger charge is 2.19. The number of hydrogen-bond acceptors (Lipinski definition) is 3. The molecule has 0 saturated heterocycles. The molecule has 1 aliphatic rings. The SMILES string of the molecule is CC(C)C(O)c1ccc2c(c1)NC(=O)CO2. The monoisotopic (exact) mass is 221 g/mol. The number of fused-ring (bicyclic) bond motifs is 1. The van der Waals surface area contributed by atoms with Crippen LogP contribution in [0.3, 0.4) is 0 Å². The maximum absolute atomic E-state index is 11.1. The molecule has 0 fully saturated rings. The van der Waals surface area contributed by atoms with Gasteiger partial charge in [-0.05, 0) is 23.6 Å². The Kier molecular flexibility index (Phi) is 2.83. The third-order valence-corrected chi connectivity index (χ3v) is 2.61. The molecule has 0 spiro atoms. The van der Waals surface area contributed by atoms with Crippen LogP contribution in [0.25, 0.3) is 0 Å². The number of aliphatic hydroxyl groups is 1. The quantitative estimate of drug-likeness (QED) is 0.799. The molecular weight excluding hydrogens is 206 g/mol. The number of anilines is 1. The Balaban J connectivity index is 2.31. The number of aliphatic hydroxyl groups excluding tert-OH is 1. The van der Waals surface area contributed by atoms with Crippen LogP contribution >= 0.6 is 0 Å². The number of rotatable bonds is 2. The fourth-order valence-corrected chi connectivity index (χ4v) is 1.67.